The molecule has 3 unspecified atom stereocenters. The molecular formula is C13H25ClN2O. The van der Waals surface area contributed by atoms with Crippen LogP contribution in [0.3, 0.4) is 0 Å². The van der Waals surface area contributed by atoms with Crippen LogP contribution in [0.2, 0.25) is 0 Å². The summed E-state index contributed by atoms with van der Waals surface area (Å²) in [7, 11) is 0. The molecule has 1 saturated heterocycles. The molecular weight excluding hydrogens is 236 g/mol. The smallest absolute Gasteiger partial charge is 0.226 e. The van der Waals surface area contributed by atoms with Gasteiger partial charge in [0.2, 0.25) is 5.91 Å². The molecule has 3 atom stereocenters. The first-order valence-electron chi connectivity index (χ1n) is 6.46. The molecule has 0 aromatic heterocycles. The van der Waals surface area contributed by atoms with Crippen LogP contribution in [0.25, 0.3) is 0 Å². The predicted molar refractivity (Wildman–Crippen MR) is 72.1 cm³/mol. The fourth-order valence-electron chi connectivity index (χ4n) is 2.85. The Balaban J connectivity index is 0.00000144. The number of hydrogen-bond donors (Lipinski definition) is 1. The first-order valence-corrected chi connectivity index (χ1v) is 6.46. The third-order valence-corrected chi connectivity index (χ3v) is 4.34. The lowest BCUT2D eigenvalue weighted by Crippen LogP contribution is -2.50. The molecule has 0 aromatic carbocycles. The van der Waals surface area contributed by atoms with Crippen molar-refractivity contribution in [1.29, 1.82) is 0 Å². The van der Waals surface area contributed by atoms with Gasteiger partial charge in [-0.1, -0.05) is 20.8 Å². The van der Waals surface area contributed by atoms with Gasteiger partial charge >= 0.3 is 0 Å². The number of halogens is 1. The van der Waals surface area contributed by atoms with E-state index in [0.717, 1.165) is 25.8 Å². The second kappa shape index (κ2) is 5.15. The van der Waals surface area contributed by atoms with Crippen molar-refractivity contribution >= 4 is 18.3 Å². The first-order chi connectivity index (χ1) is 7.45. The summed E-state index contributed by atoms with van der Waals surface area (Å²) < 4.78 is 0. The van der Waals surface area contributed by atoms with Crippen LogP contribution < -0.4 is 5.73 Å². The van der Waals surface area contributed by atoms with E-state index in [2.05, 4.69) is 25.7 Å². The maximum Gasteiger partial charge on any atom is 0.226 e. The molecule has 1 heterocycles. The van der Waals surface area contributed by atoms with Gasteiger partial charge in [0.15, 0.2) is 0 Å². The number of likely N-dealkylation sites (tertiary alicyclic amines) is 1. The minimum Gasteiger partial charge on any atom is -0.338 e. The average Bonchev–Trinajstić information content (AvgIpc) is 2.86. The Morgan fingerprint density at radius 1 is 1.47 bits per heavy atom. The SMILES string of the molecule is CC1CCN(C(=O)C2CC2(C)C)C(CN)C1.Cl. The van der Waals surface area contributed by atoms with Crippen molar-refractivity contribution in [2.24, 2.45) is 23.0 Å². The zero-order chi connectivity index (χ0) is 11.9. The monoisotopic (exact) mass is 260 g/mol. The molecule has 3 nitrogen and oxygen atoms in total. The van der Waals surface area contributed by atoms with E-state index in [1.165, 1.54) is 0 Å². The number of carbonyl (C=O) groups excluding carboxylic acids is 1. The van der Waals surface area contributed by atoms with E-state index >= 15 is 0 Å². The van der Waals surface area contributed by atoms with Crippen LogP contribution in [0.4, 0.5) is 0 Å². The number of nitrogens with two attached hydrogens (primary N) is 1. The quantitative estimate of drug-likeness (QED) is 0.826. The van der Waals surface area contributed by atoms with E-state index < -0.39 is 0 Å². The third kappa shape index (κ3) is 2.94. The van der Waals surface area contributed by atoms with Crippen LogP contribution in [-0.4, -0.2) is 29.9 Å². The molecule has 0 spiro atoms. The van der Waals surface area contributed by atoms with E-state index in [4.69, 9.17) is 5.73 Å². The summed E-state index contributed by atoms with van der Waals surface area (Å²) in [6.45, 7) is 8.14. The topological polar surface area (TPSA) is 46.3 Å². The Bertz CT molecular complexity index is 293. The van der Waals surface area contributed by atoms with Crippen LogP contribution in [0.5, 0.6) is 0 Å². The lowest BCUT2D eigenvalue weighted by Gasteiger charge is -2.38. The molecule has 17 heavy (non-hydrogen) atoms. The van der Waals surface area contributed by atoms with Gasteiger partial charge in [0.1, 0.15) is 0 Å². The normalized spacial score (nSPS) is 35.1. The van der Waals surface area contributed by atoms with Gasteiger partial charge < -0.3 is 10.6 Å². The highest BCUT2D eigenvalue weighted by molar-refractivity contribution is 5.85. The average molecular weight is 261 g/mol. The summed E-state index contributed by atoms with van der Waals surface area (Å²) in [4.78, 5) is 14.4. The summed E-state index contributed by atoms with van der Waals surface area (Å²) in [6.07, 6.45) is 3.26. The predicted octanol–water partition coefficient (Wildman–Crippen LogP) is 2.04. The lowest BCUT2D eigenvalue weighted by atomic mass is 9.91. The van der Waals surface area contributed by atoms with E-state index in [-0.39, 0.29) is 29.8 Å². The number of rotatable bonds is 2. The zero-order valence-corrected chi connectivity index (χ0v) is 11.9. The van der Waals surface area contributed by atoms with Crippen molar-refractivity contribution in [2.45, 2.75) is 46.1 Å². The van der Waals surface area contributed by atoms with Crippen LogP contribution in [0.15, 0.2) is 0 Å². The summed E-state index contributed by atoms with van der Waals surface area (Å²) in [6, 6.07) is 0.285. The summed E-state index contributed by atoms with van der Waals surface area (Å²) >= 11 is 0. The lowest BCUT2D eigenvalue weighted by molar-refractivity contribution is -0.137. The van der Waals surface area contributed by atoms with E-state index in [0.29, 0.717) is 18.4 Å². The van der Waals surface area contributed by atoms with E-state index in [1.807, 2.05) is 0 Å². The van der Waals surface area contributed by atoms with Crippen LogP contribution in [0, 0.1) is 17.3 Å². The van der Waals surface area contributed by atoms with Crippen LogP contribution in [-0.2, 0) is 4.79 Å². The van der Waals surface area contributed by atoms with Gasteiger partial charge in [-0.15, -0.1) is 12.4 Å². The van der Waals surface area contributed by atoms with Crippen molar-refractivity contribution in [3.05, 3.63) is 0 Å². The Kier molecular flexibility index (Phi) is 4.48. The Morgan fingerprint density at radius 3 is 2.53 bits per heavy atom. The number of amides is 1. The van der Waals surface area contributed by atoms with Crippen molar-refractivity contribution in [3.8, 4) is 0 Å². The molecule has 2 N–H and O–H groups in total. The Morgan fingerprint density at radius 2 is 2.06 bits per heavy atom. The molecule has 2 aliphatic rings. The highest BCUT2D eigenvalue weighted by Gasteiger charge is 2.52. The molecule has 0 aromatic rings. The maximum atomic E-state index is 12.3. The molecule has 0 radical (unpaired) electrons. The van der Waals surface area contributed by atoms with Crippen LogP contribution in [0.1, 0.15) is 40.0 Å². The van der Waals surface area contributed by atoms with Gasteiger partial charge in [-0.2, -0.15) is 0 Å². The number of nitrogens with zero attached hydrogens (tertiary/aromatic N) is 1. The van der Waals surface area contributed by atoms with Crippen molar-refractivity contribution in [2.75, 3.05) is 13.1 Å². The minimum atomic E-state index is 0. The summed E-state index contributed by atoms with van der Waals surface area (Å²) in [5.74, 6) is 1.33. The largest absolute Gasteiger partial charge is 0.338 e. The van der Waals surface area contributed by atoms with E-state index in [1.54, 1.807) is 0 Å². The molecule has 1 aliphatic carbocycles. The van der Waals surface area contributed by atoms with Crippen molar-refractivity contribution in [3.63, 3.8) is 0 Å². The van der Waals surface area contributed by atoms with Crippen molar-refractivity contribution < 1.29 is 4.79 Å². The number of hydrogen-bond acceptors (Lipinski definition) is 2. The number of piperidine rings is 1. The van der Waals surface area contributed by atoms with Gasteiger partial charge in [-0.05, 0) is 30.6 Å². The first kappa shape index (κ1) is 14.8. The second-order valence-corrected chi connectivity index (χ2v) is 6.30. The fourth-order valence-corrected chi connectivity index (χ4v) is 2.85. The van der Waals surface area contributed by atoms with Gasteiger partial charge in [0.05, 0.1) is 0 Å². The molecule has 1 amide bonds. The Labute approximate surface area is 111 Å². The Hall–Kier alpha value is -0.280. The van der Waals surface area contributed by atoms with Gasteiger partial charge in [0, 0.05) is 25.0 Å². The maximum absolute atomic E-state index is 12.3. The summed E-state index contributed by atoms with van der Waals surface area (Å²) in [5, 5.41) is 0. The molecule has 4 heteroatoms. The molecule has 2 rings (SSSR count). The molecule has 1 saturated carbocycles. The second-order valence-electron chi connectivity index (χ2n) is 6.30. The third-order valence-electron chi connectivity index (χ3n) is 4.34. The molecule has 1 aliphatic heterocycles. The minimum absolute atomic E-state index is 0. The van der Waals surface area contributed by atoms with Gasteiger partial charge in [0.25, 0.3) is 0 Å². The highest BCUT2D eigenvalue weighted by Crippen LogP contribution is 2.52. The summed E-state index contributed by atoms with van der Waals surface area (Å²) in [5.41, 5.74) is 6.02. The number of carbonyl (C=O) groups is 1. The van der Waals surface area contributed by atoms with Gasteiger partial charge in [-0.25, -0.2) is 0 Å². The standard InChI is InChI=1S/C13H24N2O.ClH/c1-9-4-5-15(10(6-9)8-14)12(16)11-7-13(11,2)3;/h9-11H,4-8,14H2,1-3H3;1H. The molecule has 100 valence electrons. The molecule has 0 bridgehead atoms. The van der Waals surface area contributed by atoms with Gasteiger partial charge in [-0.3, -0.25) is 4.79 Å². The van der Waals surface area contributed by atoms with Crippen molar-refractivity contribution in [1.82, 2.24) is 4.90 Å². The highest BCUT2D eigenvalue weighted by atomic mass is 35.5. The zero-order valence-electron chi connectivity index (χ0n) is 11.1. The molecule has 2 fully saturated rings. The fraction of sp³-hybridized carbons (Fsp3) is 0.923. The van der Waals surface area contributed by atoms with Crippen LogP contribution >= 0.6 is 12.4 Å². The van der Waals surface area contributed by atoms with E-state index in [9.17, 15) is 4.79 Å².